The van der Waals surface area contributed by atoms with E-state index in [4.69, 9.17) is 23.2 Å². The highest BCUT2D eigenvalue weighted by molar-refractivity contribution is 6.31. The molecule has 6 heteroatoms. The maximum atomic E-state index is 6.00. The van der Waals surface area contributed by atoms with Crippen LogP contribution in [0.3, 0.4) is 0 Å². The van der Waals surface area contributed by atoms with E-state index in [0.717, 1.165) is 49.6 Å². The molecule has 0 N–H and O–H groups in total. The second kappa shape index (κ2) is 7.97. The summed E-state index contributed by atoms with van der Waals surface area (Å²) in [4.78, 5) is 11.5. The molecule has 0 radical (unpaired) electrons. The standard InChI is InChI=1S/C15H22Cl2N4/c1-3-7-20(4-2)8-9-21-14(5-6-16)19-13-10-12(17)11-18-15(13)21/h10-11H,3-9H2,1-2H3. The van der Waals surface area contributed by atoms with Gasteiger partial charge in [0.1, 0.15) is 11.3 Å². The van der Waals surface area contributed by atoms with Gasteiger partial charge in [0.05, 0.1) is 5.02 Å². The van der Waals surface area contributed by atoms with Crippen LogP contribution in [0.25, 0.3) is 11.2 Å². The average molecular weight is 329 g/mol. The van der Waals surface area contributed by atoms with Crippen LogP contribution < -0.4 is 0 Å². The van der Waals surface area contributed by atoms with Crippen molar-refractivity contribution in [1.29, 1.82) is 0 Å². The van der Waals surface area contributed by atoms with Gasteiger partial charge in [0.2, 0.25) is 0 Å². The largest absolute Gasteiger partial charge is 0.311 e. The number of likely N-dealkylation sites (N-methyl/N-ethyl adjacent to an activating group) is 1. The van der Waals surface area contributed by atoms with Crippen molar-refractivity contribution in [2.24, 2.45) is 0 Å². The molecule has 2 rings (SSSR count). The van der Waals surface area contributed by atoms with Gasteiger partial charge in [0.15, 0.2) is 5.65 Å². The molecule has 0 aliphatic rings. The summed E-state index contributed by atoms with van der Waals surface area (Å²) in [6.07, 6.45) is 3.59. The lowest BCUT2D eigenvalue weighted by Crippen LogP contribution is -2.28. The van der Waals surface area contributed by atoms with Crippen LogP contribution in [0.1, 0.15) is 26.1 Å². The van der Waals surface area contributed by atoms with E-state index in [1.807, 2.05) is 6.07 Å². The Hall–Kier alpha value is -0.840. The van der Waals surface area contributed by atoms with Crippen molar-refractivity contribution in [1.82, 2.24) is 19.4 Å². The first-order valence-corrected chi connectivity index (χ1v) is 8.39. The third-order valence-electron chi connectivity index (χ3n) is 3.58. The van der Waals surface area contributed by atoms with Gasteiger partial charge in [-0.1, -0.05) is 25.4 Å². The number of fused-ring (bicyclic) bond motifs is 1. The van der Waals surface area contributed by atoms with Crippen molar-refractivity contribution in [2.45, 2.75) is 33.2 Å². The normalized spacial score (nSPS) is 11.7. The van der Waals surface area contributed by atoms with Crippen LogP contribution in [0.4, 0.5) is 0 Å². The summed E-state index contributed by atoms with van der Waals surface area (Å²) in [5, 5.41) is 0.616. The number of aryl methyl sites for hydroxylation is 1. The molecule has 0 saturated carbocycles. The average Bonchev–Trinajstić information content (AvgIpc) is 2.80. The van der Waals surface area contributed by atoms with Gasteiger partial charge in [-0.05, 0) is 25.6 Å². The van der Waals surface area contributed by atoms with E-state index in [0.29, 0.717) is 10.9 Å². The molecule has 4 nitrogen and oxygen atoms in total. The highest BCUT2D eigenvalue weighted by atomic mass is 35.5. The first-order valence-electron chi connectivity index (χ1n) is 7.48. The molecule has 0 atom stereocenters. The minimum Gasteiger partial charge on any atom is -0.311 e. The SMILES string of the molecule is CCCN(CC)CCn1c(CCCl)nc2cc(Cl)cnc21. The van der Waals surface area contributed by atoms with Gasteiger partial charge in [-0.15, -0.1) is 11.6 Å². The fourth-order valence-corrected chi connectivity index (χ4v) is 2.85. The molecule has 0 spiro atoms. The zero-order chi connectivity index (χ0) is 15.2. The third-order valence-corrected chi connectivity index (χ3v) is 3.97. The topological polar surface area (TPSA) is 34.0 Å². The van der Waals surface area contributed by atoms with E-state index in [9.17, 15) is 0 Å². The Bertz CT molecular complexity index is 582. The first kappa shape index (κ1) is 16.5. The Kier molecular flexibility index (Phi) is 6.27. The predicted molar refractivity (Wildman–Crippen MR) is 89.4 cm³/mol. The maximum Gasteiger partial charge on any atom is 0.160 e. The summed E-state index contributed by atoms with van der Waals surface area (Å²) in [7, 11) is 0. The molecular formula is C15H22Cl2N4. The van der Waals surface area contributed by atoms with Crippen LogP contribution in [-0.4, -0.2) is 44.9 Å². The Morgan fingerprint density at radius 2 is 2.10 bits per heavy atom. The van der Waals surface area contributed by atoms with E-state index < -0.39 is 0 Å². The Balaban J connectivity index is 2.25. The van der Waals surface area contributed by atoms with E-state index in [-0.39, 0.29) is 0 Å². The molecule has 0 aromatic carbocycles. The van der Waals surface area contributed by atoms with Crippen LogP contribution in [0.15, 0.2) is 12.3 Å². The fraction of sp³-hybridized carbons (Fsp3) is 0.600. The zero-order valence-electron chi connectivity index (χ0n) is 12.6. The van der Waals surface area contributed by atoms with Crippen molar-refractivity contribution >= 4 is 34.4 Å². The summed E-state index contributed by atoms with van der Waals surface area (Å²) >= 11 is 11.9. The molecule has 116 valence electrons. The Morgan fingerprint density at radius 3 is 2.76 bits per heavy atom. The van der Waals surface area contributed by atoms with Gasteiger partial charge in [0, 0.05) is 31.6 Å². The quantitative estimate of drug-likeness (QED) is 0.694. The molecule has 0 bridgehead atoms. The van der Waals surface area contributed by atoms with E-state index in [2.05, 4.69) is 33.3 Å². The molecule has 0 unspecified atom stereocenters. The number of imidazole rings is 1. The summed E-state index contributed by atoms with van der Waals surface area (Å²) in [6, 6.07) is 1.86. The lowest BCUT2D eigenvalue weighted by molar-refractivity contribution is 0.276. The van der Waals surface area contributed by atoms with Gasteiger partial charge >= 0.3 is 0 Å². The van der Waals surface area contributed by atoms with Crippen molar-refractivity contribution in [3.8, 4) is 0 Å². The van der Waals surface area contributed by atoms with Gasteiger partial charge < -0.3 is 9.47 Å². The number of hydrogen-bond donors (Lipinski definition) is 0. The predicted octanol–water partition coefficient (Wildman–Crippen LogP) is 3.60. The molecule has 0 aliphatic heterocycles. The highest BCUT2D eigenvalue weighted by Crippen LogP contribution is 2.18. The van der Waals surface area contributed by atoms with Crippen LogP contribution in [0.2, 0.25) is 5.02 Å². The van der Waals surface area contributed by atoms with E-state index in [1.54, 1.807) is 6.20 Å². The van der Waals surface area contributed by atoms with Gasteiger partial charge in [-0.3, -0.25) is 0 Å². The Labute approximate surface area is 136 Å². The molecule has 0 aliphatic carbocycles. The number of rotatable bonds is 8. The number of halogens is 2. The van der Waals surface area contributed by atoms with Crippen molar-refractivity contribution in [3.63, 3.8) is 0 Å². The third kappa shape index (κ3) is 4.09. The molecule has 0 amide bonds. The monoisotopic (exact) mass is 328 g/mol. The minimum atomic E-state index is 0.559. The summed E-state index contributed by atoms with van der Waals surface area (Å²) in [5.74, 6) is 1.55. The molecule has 2 aromatic heterocycles. The second-order valence-corrected chi connectivity index (χ2v) is 5.86. The molecule has 21 heavy (non-hydrogen) atoms. The smallest absolute Gasteiger partial charge is 0.160 e. The van der Waals surface area contributed by atoms with Gasteiger partial charge in [0.25, 0.3) is 0 Å². The maximum absolute atomic E-state index is 6.00. The molecular weight excluding hydrogens is 307 g/mol. The first-order chi connectivity index (χ1) is 10.2. The number of hydrogen-bond acceptors (Lipinski definition) is 3. The van der Waals surface area contributed by atoms with Crippen LogP contribution >= 0.6 is 23.2 Å². The fourth-order valence-electron chi connectivity index (χ4n) is 2.53. The Morgan fingerprint density at radius 1 is 1.29 bits per heavy atom. The van der Waals surface area contributed by atoms with Crippen molar-refractivity contribution in [2.75, 3.05) is 25.5 Å². The lowest BCUT2D eigenvalue weighted by atomic mass is 10.3. The van der Waals surface area contributed by atoms with Crippen LogP contribution in [0.5, 0.6) is 0 Å². The number of alkyl halides is 1. The molecule has 2 aromatic rings. The van der Waals surface area contributed by atoms with Crippen molar-refractivity contribution < 1.29 is 0 Å². The van der Waals surface area contributed by atoms with Crippen LogP contribution in [0, 0.1) is 0 Å². The number of pyridine rings is 1. The zero-order valence-corrected chi connectivity index (χ0v) is 14.2. The number of nitrogens with zero attached hydrogens (tertiary/aromatic N) is 4. The summed E-state index contributed by atoms with van der Waals surface area (Å²) in [6.45, 7) is 8.45. The van der Waals surface area contributed by atoms with Gasteiger partial charge in [-0.2, -0.15) is 0 Å². The number of aromatic nitrogens is 3. The van der Waals surface area contributed by atoms with Crippen molar-refractivity contribution in [3.05, 3.63) is 23.1 Å². The van der Waals surface area contributed by atoms with Crippen LogP contribution in [-0.2, 0) is 13.0 Å². The second-order valence-electron chi connectivity index (χ2n) is 5.05. The van der Waals surface area contributed by atoms with E-state index in [1.165, 1.54) is 6.42 Å². The lowest BCUT2D eigenvalue weighted by Gasteiger charge is -2.20. The molecule has 0 fully saturated rings. The summed E-state index contributed by atoms with van der Waals surface area (Å²) < 4.78 is 2.17. The van der Waals surface area contributed by atoms with E-state index >= 15 is 0 Å². The highest BCUT2D eigenvalue weighted by Gasteiger charge is 2.13. The minimum absolute atomic E-state index is 0.559. The summed E-state index contributed by atoms with van der Waals surface area (Å²) in [5.41, 5.74) is 1.74. The molecule has 2 heterocycles. The molecule has 0 saturated heterocycles. The van der Waals surface area contributed by atoms with Gasteiger partial charge in [-0.25, -0.2) is 9.97 Å².